The Morgan fingerprint density at radius 2 is 1.94 bits per heavy atom. The van der Waals surface area contributed by atoms with Gasteiger partial charge in [0, 0.05) is 23.0 Å². The normalized spacial score (nSPS) is 11.3. The molecule has 1 amide bonds. The number of nitrogens with one attached hydrogen (secondary N) is 1. The number of hydrogen-bond donors (Lipinski definition) is 1. The summed E-state index contributed by atoms with van der Waals surface area (Å²) in [5.41, 5.74) is 0. The lowest BCUT2D eigenvalue weighted by Gasteiger charge is -2.12. The molecule has 1 aromatic carbocycles. The van der Waals surface area contributed by atoms with E-state index in [1.54, 1.807) is 26.2 Å². The highest BCUT2D eigenvalue weighted by molar-refractivity contribution is 9.11. The van der Waals surface area contributed by atoms with E-state index in [1.165, 1.54) is 11.0 Å². The van der Waals surface area contributed by atoms with Crippen LogP contribution in [0.4, 0.5) is 0 Å². The topological polar surface area (TPSA) is 66.5 Å². The van der Waals surface area contributed by atoms with E-state index in [-0.39, 0.29) is 17.3 Å². The molecular weight excluding hydrogens is 388 g/mol. The molecule has 0 aromatic heterocycles. The minimum absolute atomic E-state index is 0.0865. The number of nitrogens with zero attached hydrogens (tertiary/aromatic N) is 1. The number of benzene rings is 1. The van der Waals surface area contributed by atoms with Crippen molar-refractivity contribution >= 4 is 47.8 Å². The summed E-state index contributed by atoms with van der Waals surface area (Å²) in [6.07, 6.45) is 0. The first-order valence-electron chi connectivity index (χ1n) is 4.89. The summed E-state index contributed by atoms with van der Waals surface area (Å²) < 4.78 is 27.3. The maximum absolute atomic E-state index is 12.0. The van der Waals surface area contributed by atoms with Gasteiger partial charge in [-0.3, -0.25) is 4.79 Å². The van der Waals surface area contributed by atoms with Crippen LogP contribution in [0.15, 0.2) is 32.0 Å². The van der Waals surface area contributed by atoms with Crippen molar-refractivity contribution < 1.29 is 13.2 Å². The number of halogens is 2. The minimum Gasteiger partial charge on any atom is -0.348 e. The summed E-state index contributed by atoms with van der Waals surface area (Å²) in [6, 6.07) is 4.80. The molecule has 0 atom stereocenters. The van der Waals surface area contributed by atoms with Crippen molar-refractivity contribution in [1.29, 1.82) is 0 Å². The summed E-state index contributed by atoms with van der Waals surface area (Å²) >= 11 is 6.37. The zero-order chi connectivity index (χ0) is 13.9. The third-order valence-electron chi connectivity index (χ3n) is 2.09. The average molecular weight is 400 g/mol. The lowest BCUT2D eigenvalue weighted by atomic mass is 10.4. The van der Waals surface area contributed by atoms with E-state index < -0.39 is 10.0 Å². The van der Waals surface area contributed by atoms with Crippen LogP contribution in [0.1, 0.15) is 0 Å². The lowest BCUT2D eigenvalue weighted by Crippen LogP contribution is -2.36. The number of likely N-dealkylation sites (N-methyl/N-ethyl adjacent to an activating group) is 1. The number of sulfonamides is 1. The van der Waals surface area contributed by atoms with Crippen LogP contribution < -0.4 is 4.72 Å². The molecule has 0 bridgehead atoms. The number of amides is 1. The van der Waals surface area contributed by atoms with Gasteiger partial charge < -0.3 is 4.90 Å². The van der Waals surface area contributed by atoms with Gasteiger partial charge in [0.15, 0.2) is 0 Å². The molecule has 0 spiro atoms. The zero-order valence-corrected chi connectivity index (χ0v) is 13.8. The van der Waals surface area contributed by atoms with Gasteiger partial charge in [-0.25, -0.2) is 13.1 Å². The third kappa shape index (κ3) is 4.04. The van der Waals surface area contributed by atoms with Crippen LogP contribution >= 0.6 is 31.9 Å². The molecule has 5 nitrogen and oxygen atoms in total. The Morgan fingerprint density at radius 1 is 1.33 bits per heavy atom. The van der Waals surface area contributed by atoms with E-state index in [9.17, 15) is 13.2 Å². The molecule has 0 saturated heterocycles. The molecule has 0 aliphatic heterocycles. The molecule has 8 heteroatoms. The second-order valence-electron chi connectivity index (χ2n) is 3.69. The molecule has 0 unspecified atom stereocenters. The van der Waals surface area contributed by atoms with Crippen LogP contribution in [0.3, 0.4) is 0 Å². The molecule has 100 valence electrons. The van der Waals surface area contributed by atoms with Crippen molar-refractivity contribution in [2.45, 2.75) is 4.90 Å². The van der Waals surface area contributed by atoms with Crippen molar-refractivity contribution in [3.8, 4) is 0 Å². The quantitative estimate of drug-likeness (QED) is 0.835. The van der Waals surface area contributed by atoms with Crippen LogP contribution in [0.2, 0.25) is 0 Å². The Labute approximate surface area is 123 Å². The third-order valence-corrected chi connectivity index (χ3v) is 4.98. The van der Waals surface area contributed by atoms with E-state index in [1.807, 2.05) is 0 Å². The van der Waals surface area contributed by atoms with E-state index >= 15 is 0 Å². The second kappa shape index (κ2) is 6.14. The predicted molar refractivity (Wildman–Crippen MR) is 75.7 cm³/mol. The molecule has 1 aromatic rings. The fourth-order valence-electron chi connectivity index (χ4n) is 1.08. The first-order chi connectivity index (χ1) is 8.24. The maximum atomic E-state index is 12.0. The van der Waals surface area contributed by atoms with Crippen molar-refractivity contribution in [3.63, 3.8) is 0 Å². The van der Waals surface area contributed by atoms with Gasteiger partial charge in [-0.1, -0.05) is 15.9 Å². The van der Waals surface area contributed by atoms with Gasteiger partial charge in [-0.15, -0.1) is 0 Å². The molecule has 18 heavy (non-hydrogen) atoms. The predicted octanol–water partition coefficient (Wildman–Crippen LogP) is 1.58. The van der Waals surface area contributed by atoms with Crippen LogP contribution in [0, 0.1) is 0 Å². The number of carbonyl (C=O) groups is 1. The Hall–Kier alpha value is -0.440. The van der Waals surface area contributed by atoms with Gasteiger partial charge in [-0.05, 0) is 34.1 Å². The van der Waals surface area contributed by atoms with Crippen molar-refractivity contribution in [3.05, 3.63) is 27.1 Å². The van der Waals surface area contributed by atoms with Crippen LogP contribution in [-0.4, -0.2) is 39.9 Å². The Balaban J connectivity index is 2.93. The summed E-state index contributed by atoms with van der Waals surface area (Å²) in [5, 5.41) is 0. The Bertz CT molecular complexity index is 558. The summed E-state index contributed by atoms with van der Waals surface area (Å²) in [5.74, 6) is -0.315. The molecular formula is C10H12Br2N2O3S. The first-order valence-corrected chi connectivity index (χ1v) is 7.96. The van der Waals surface area contributed by atoms with Crippen molar-refractivity contribution in [2.75, 3.05) is 20.6 Å². The van der Waals surface area contributed by atoms with Gasteiger partial charge >= 0.3 is 0 Å². The average Bonchev–Trinajstić information content (AvgIpc) is 2.29. The Morgan fingerprint density at radius 3 is 2.50 bits per heavy atom. The molecule has 0 heterocycles. The largest absolute Gasteiger partial charge is 0.348 e. The highest BCUT2D eigenvalue weighted by Crippen LogP contribution is 2.25. The molecule has 1 N–H and O–H groups in total. The lowest BCUT2D eigenvalue weighted by molar-refractivity contribution is -0.127. The molecule has 1 rings (SSSR count). The monoisotopic (exact) mass is 398 g/mol. The smallest absolute Gasteiger partial charge is 0.242 e. The van der Waals surface area contributed by atoms with Crippen molar-refractivity contribution in [1.82, 2.24) is 9.62 Å². The standard InChI is InChI=1S/C10H12Br2N2O3S/c1-14(2)10(15)6-13-18(16,17)9-5-7(11)3-4-8(9)12/h3-5,13H,6H2,1-2H3. The van der Waals surface area contributed by atoms with Crippen LogP contribution in [-0.2, 0) is 14.8 Å². The highest BCUT2D eigenvalue weighted by atomic mass is 79.9. The summed E-state index contributed by atoms with van der Waals surface area (Å²) in [6.45, 7) is -0.270. The van der Waals surface area contributed by atoms with E-state index in [0.717, 1.165) is 0 Å². The fraction of sp³-hybridized carbons (Fsp3) is 0.300. The highest BCUT2D eigenvalue weighted by Gasteiger charge is 2.19. The molecule has 0 saturated carbocycles. The summed E-state index contributed by atoms with van der Waals surface area (Å²) in [7, 11) is -0.594. The van der Waals surface area contributed by atoms with Crippen LogP contribution in [0.25, 0.3) is 0 Å². The molecule has 0 fully saturated rings. The number of rotatable bonds is 4. The number of carbonyl (C=O) groups excluding carboxylic acids is 1. The molecule has 0 aliphatic carbocycles. The van der Waals surface area contributed by atoms with Crippen molar-refractivity contribution in [2.24, 2.45) is 0 Å². The zero-order valence-electron chi connectivity index (χ0n) is 9.78. The van der Waals surface area contributed by atoms with Crippen LogP contribution in [0.5, 0.6) is 0 Å². The van der Waals surface area contributed by atoms with Gasteiger partial charge in [0.25, 0.3) is 0 Å². The Kier molecular flexibility index (Phi) is 5.32. The minimum atomic E-state index is -3.72. The van der Waals surface area contributed by atoms with Gasteiger partial charge in [0.05, 0.1) is 11.4 Å². The molecule has 0 radical (unpaired) electrons. The van der Waals surface area contributed by atoms with E-state index in [0.29, 0.717) is 8.95 Å². The first kappa shape index (κ1) is 15.6. The fourth-order valence-corrected chi connectivity index (χ4v) is 3.55. The SMILES string of the molecule is CN(C)C(=O)CNS(=O)(=O)c1cc(Br)ccc1Br. The summed E-state index contributed by atoms with van der Waals surface area (Å²) in [4.78, 5) is 12.8. The number of hydrogen-bond acceptors (Lipinski definition) is 3. The van der Waals surface area contributed by atoms with Gasteiger partial charge in [-0.2, -0.15) is 0 Å². The molecule has 0 aliphatic rings. The van der Waals surface area contributed by atoms with E-state index in [2.05, 4.69) is 36.6 Å². The van der Waals surface area contributed by atoms with Gasteiger partial charge in [0.2, 0.25) is 15.9 Å². The maximum Gasteiger partial charge on any atom is 0.242 e. The second-order valence-corrected chi connectivity index (χ2v) is 7.19. The van der Waals surface area contributed by atoms with E-state index in [4.69, 9.17) is 0 Å². The van der Waals surface area contributed by atoms with Gasteiger partial charge in [0.1, 0.15) is 0 Å².